The Morgan fingerprint density at radius 2 is 1.96 bits per heavy atom. The van der Waals surface area contributed by atoms with Gasteiger partial charge in [-0.1, -0.05) is 23.8 Å². The Morgan fingerprint density at radius 1 is 1.20 bits per heavy atom. The molecule has 0 spiro atoms. The number of hydrogen-bond acceptors (Lipinski definition) is 3. The highest BCUT2D eigenvalue weighted by molar-refractivity contribution is 5.87. The second-order valence-corrected chi connectivity index (χ2v) is 6.53. The molecule has 2 atom stereocenters. The maximum atomic E-state index is 11.7. The third-order valence-electron chi connectivity index (χ3n) is 4.91. The lowest BCUT2D eigenvalue weighted by Gasteiger charge is -2.29. The lowest BCUT2D eigenvalue weighted by molar-refractivity contribution is -0.139. The minimum Gasteiger partial charge on any atom is -0.497 e. The predicted molar refractivity (Wildman–Crippen MR) is 96.1 cm³/mol. The molecule has 5 nitrogen and oxygen atoms in total. The predicted octanol–water partition coefficient (Wildman–Crippen LogP) is 3.17. The third-order valence-corrected chi connectivity index (χ3v) is 4.91. The van der Waals surface area contributed by atoms with Gasteiger partial charge in [0.1, 0.15) is 11.8 Å². The van der Waals surface area contributed by atoms with E-state index in [-0.39, 0.29) is 6.04 Å². The van der Waals surface area contributed by atoms with Gasteiger partial charge >= 0.3 is 5.97 Å². The number of aromatic nitrogens is 1. The highest BCUT2D eigenvalue weighted by Crippen LogP contribution is 2.36. The maximum Gasteiger partial charge on any atom is 0.321 e. The second-order valence-electron chi connectivity index (χ2n) is 6.53. The molecule has 0 aliphatic carbocycles. The molecular weight excluding hydrogens is 316 g/mol. The molecule has 3 N–H and O–H groups in total. The number of nitrogens with one attached hydrogen (secondary N) is 2. The molecule has 0 bridgehead atoms. The van der Waals surface area contributed by atoms with Crippen LogP contribution >= 0.6 is 0 Å². The number of rotatable bonds is 3. The van der Waals surface area contributed by atoms with E-state index in [1.807, 2.05) is 24.3 Å². The molecule has 25 heavy (non-hydrogen) atoms. The van der Waals surface area contributed by atoms with E-state index in [9.17, 15) is 9.90 Å². The number of aryl methyl sites for hydroxylation is 1. The lowest BCUT2D eigenvalue weighted by atomic mass is 9.90. The van der Waals surface area contributed by atoms with E-state index in [1.54, 1.807) is 7.11 Å². The van der Waals surface area contributed by atoms with Crippen LogP contribution in [0.2, 0.25) is 0 Å². The molecule has 2 aromatic carbocycles. The minimum atomic E-state index is -0.828. The van der Waals surface area contributed by atoms with E-state index in [0.717, 1.165) is 33.5 Å². The Morgan fingerprint density at radius 3 is 2.64 bits per heavy atom. The lowest BCUT2D eigenvalue weighted by Crippen LogP contribution is -2.44. The topological polar surface area (TPSA) is 74.3 Å². The Balaban J connectivity index is 1.87. The van der Waals surface area contributed by atoms with E-state index in [4.69, 9.17) is 4.74 Å². The van der Waals surface area contributed by atoms with Crippen molar-refractivity contribution >= 4 is 16.9 Å². The average Bonchev–Trinajstić information content (AvgIpc) is 2.99. The summed E-state index contributed by atoms with van der Waals surface area (Å²) in [6.45, 7) is 2.05. The molecule has 128 valence electrons. The van der Waals surface area contributed by atoms with Gasteiger partial charge in [-0.2, -0.15) is 0 Å². The van der Waals surface area contributed by atoms with Crippen LogP contribution in [0.5, 0.6) is 5.75 Å². The van der Waals surface area contributed by atoms with Gasteiger partial charge in [0.15, 0.2) is 0 Å². The van der Waals surface area contributed by atoms with Crippen molar-refractivity contribution in [2.24, 2.45) is 0 Å². The van der Waals surface area contributed by atoms with Crippen LogP contribution in [0, 0.1) is 6.92 Å². The molecule has 0 radical (unpaired) electrons. The smallest absolute Gasteiger partial charge is 0.321 e. The van der Waals surface area contributed by atoms with Crippen LogP contribution in [0.3, 0.4) is 0 Å². The van der Waals surface area contributed by atoms with Crippen molar-refractivity contribution in [2.45, 2.75) is 25.4 Å². The quantitative estimate of drug-likeness (QED) is 0.687. The minimum absolute atomic E-state index is 0.191. The van der Waals surface area contributed by atoms with Crippen molar-refractivity contribution in [3.8, 4) is 5.75 Å². The first-order valence-corrected chi connectivity index (χ1v) is 8.30. The molecule has 0 unspecified atom stereocenters. The van der Waals surface area contributed by atoms with E-state index in [1.165, 1.54) is 5.56 Å². The number of carboxylic acid groups (broad SMARTS) is 1. The van der Waals surface area contributed by atoms with Crippen molar-refractivity contribution in [3.05, 3.63) is 64.8 Å². The summed E-state index contributed by atoms with van der Waals surface area (Å²) >= 11 is 0. The van der Waals surface area contributed by atoms with Gasteiger partial charge in [0, 0.05) is 23.0 Å². The SMILES string of the molecule is COc1ccc([C@H]2N[C@@H](C(=O)O)Cc3c2[nH]c2ccc(C)cc32)cc1. The molecule has 0 fully saturated rings. The summed E-state index contributed by atoms with van der Waals surface area (Å²) in [4.78, 5) is 15.2. The number of ether oxygens (including phenoxy) is 1. The molecule has 1 aliphatic heterocycles. The van der Waals surface area contributed by atoms with Crippen molar-refractivity contribution in [1.29, 1.82) is 0 Å². The maximum absolute atomic E-state index is 11.7. The fraction of sp³-hybridized carbons (Fsp3) is 0.250. The number of methoxy groups -OCH3 is 1. The van der Waals surface area contributed by atoms with Crippen LogP contribution in [-0.4, -0.2) is 29.2 Å². The fourth-order valence-corrected chi connectivity index (χ4v) is 3.61. The first-order chi connectivity index (χ1) is 12.1. The largest absolute Gasteiger partial charge is 0.497 e. The van der Waals surface area contributed by atoms with Crippen LogP contribution in [-0.2, 0) is 11.2 Å². The number of aliphatic carboxylic acids is 1. The van der Waals surface area contributed by atoms with E-state index in [0.29, 0.717) is 6.42 Å². The standard InChI is InChI=1S/C20H20N2O3/c1-11-3-8-16-14(9-11)15-10-17(20(23)24)22-18(19(15)21-16)12-4-6-13(25-2)7-5-12/h3-9,17-18,21-22H,10H2,1-2H3,(H,23,24)/t17-,18-/m1/s1. The van der Waals surface area contributed by atoms with Gasteiger partial charge < -0.3 is 14.8 Å². The van der Waals surface area contributed by atoms with Gasteiger partial charge in [0.25, 0.3) is 0 Å². The summed E-state index contributed by atoms with van der Waals surface area (Å²) in [6.07, 6.45) is 0.473. The van der Waals surface area contributed by atoms with Crippen LogP contribution in [0.1, 0.15) is 28.4 Å². The van der Waals surface area contributed by atoms with Gasteiger partial charge in [-0.25, -0.2) is 0 Å². The van der Waals surface area contributed by atoms with E-state index in [2.05, 4.69) is 35.4 Å². The Kier molecular flexibility index (Phi) is 3.73. The van der Waals surface area contributed by atoms with Crippen LogP contribution in [0.25, 0.3) is 10.9 Å². The van der Waals surface area contributed by atoms with Crippen molar-refractivity contribution < 1.29 is 14.6 Å². The van der Waals surface area contributed by atoms with E-state index < -0.39 is 12.0 Å². The zero-order valence-corrected chi connectivity index (χ0v) is 14.2. The van der Waals surface area contributed by atoms with E-state index >= 15 is 0 Å². The summed E-state index contributed by atoms with van der Waals surface area (Å²) in [5.41, 5.74) is 5.35. The summed E-state index contributed by atoms with van der Waals surface area (Å²) in [7, 11) is 1.63. The van der Waals surface area contributed by atoms with Gasteiger partial charge in [0.2, 0.25) is 0 Å². The Hall–Kier alpha value is -2.79. The zero-order valence-electron chi connectivity index (χ0n) is 14.2. The molecule has 0 saturated heterocycles. The number of carbonyl (C=O) groups is 1. The molecule has 1 aromatic heterocycles. The molecule has 5 heteroatoms. The summed E-state index contributed by atoms with van der Waals surface area (Å²) in [6, 6.07) is 13.2. The molecule has 4 rings (SSSR count). The number of H-pyrrole nitrogens is 1. The van der Waals surface area contributed by atoms with Crippen molar-refractivity contribution in [3.63, 3.8) is 0 Å². The first kappa shape index (κ1) is 15.7. The number of aromatic amines is 1. The summed E-state index contributed by atoms with van der Waals surface area (Å²) < 4.78 is 5.22. The number of hydrogen-bond donors (Lipinski definition) is 3. The monoisotopic (exact) mass is 336 g/mol. The number of carboxylic acids is 1. The van der Waals surface area contributed by atoms with Crippen LogP contribution in [0.4, 0.5) is 0 Å². The van der Waals surface area contributed by atoms with Crippen molar-refractivity contribution in [1.82, 2.24) is 10.3 Å². The second kappa shape index (κ2) is 5.93. The highest BCUT2D eigenvalue weighted by Gasteiger charge is 2.33. The molecule has 1 aliphatic rings. The Labute approximate surface area is 145 Å². The average molecular weight is 336 g/mol. The highest BCUT2D eigenvalue weighted by atomic mass is 16.5. The fourth-order valence-electron chi connectivity index (χ4n) is 3.61. The normalized spacial score (nSPS) is 19.6. The summed E-state index contributed by atoms with van der Waals surface area (Å²) in [5, 5.41) is 14.0. The molecule has 0 saturated carbocycles. The molecular formula is C20H20N2O3. The van der Waals surface area contributed by atoms with Gasteiger partial charge in [-0.3, -0.25) is 10.1 Å². The zero-order chi connectivity index (χ0) is 17.6. The van der Waals surface area contributed by atoms with Gasteiger partial charge in [-0.05, 0) is 42.3 Å². The van der Waals surface area contributed by atoms with Crippen molar-refractivity contribution in [2.75, 3.05) is 7.11 Å². The van der Waals surface area contributed by atoms with Gasteiger partial charge in [0.05, 0.1) is 13.2 Å². The molecule has 0 amide bonds. The van der Waals surface area contributed by atoms with Crippen LogP contribution in [0.15, 0.2) is 42.5 Å². The molecule has 3 aromatic rings. The first-order valence-electron chi connectivity index (χ1n) is 8.30. The number of fused-ring (bicyclic) bond motifs is 3. The van der Waals surface area contributed by atoms with Crippen LogP contribution < -0.4 is 10.1 Å². The number of benzene rings is 2. The Bertz CT molecular complexity index is 943. The van der Waals surface area contributed by atoms with Gasteiger partial charge in [-0.15, -0.1) is 0 Å². The third kappa shape index (κ3) is 2.66. The summed E-state index contributed by atoms with van der Waals surface area (Å²) in [5.74, 6) is -0.0481. The molecule has 2 heterocycles.